The van der Waals surface area contributed by atoms with Gasteiger partial charge in [-0.05, 0) is 55.7 Å². The fourth-order valence-corrected chi connectivity index (χ4v) is 3.69. The van der Waals surface area contributed by atoms with Gasteiger partial charge in [0.25, 0.3) is 11.8 Å². The number of nitrogens with zero attached hydrogens (tertiary/aromatic N) is 1. The lowest BCUT2D eigenvalue weighted by Crippen LogP contribution is -2.36. The Morgan fingerprint density at radius 2 is 1.66 bits per heavy atom. The van der Waals surface area contributed by atoms with E-state index in [2.05, 4.69) is 5.32 Å². The van der Waals surface area contributed by atoms with Crippen LogP contribution < -0.4 is 14.8 Å². The summed E-state index contributed by atoms with van der Waals surface area (Å²) in [6.45, 7) is 1.64. The Balaban J connectivity index is 1.42. The SMILES string of the molecule is COc1ccccc1OCc1ccc(C(=O)Nc2ccccc2C(=O)N2CCCCC2)o1. The Morgan fingerprint density at radius 3 is 2.44 bits per heavy atom. The topological polar surface area (TPSA) is 81.0 Å². The minimum atomic E-state index is -0.424. The lowest BCUT2D eigenvalue weighted by molar-refractivity contribution is 0.0725. The van der Waals surface area contributed by atoms with Crippen LogP contribution in [0.4, 0.5) is 5.69 Å². The molecule has 1 saturated heterocycles. The molecule has 1 N–H and O–H groups in total. The number of piperidine rings is 1. The first-order valence-electron chi connectivity index (χ1n) is 10.7. The van der Waals surface area contributed by atoms with Crippen LogP contribution in [0.5, 0.6) is 11.5 Å². The number of hydrogen-bond donors (Lipinski definition) is 1. The second-order valence-corrected chi connectivity index (χ2v) is 7.56. The number of carbonyl (C=O) groups is 2. The van der Waals surface area contributed by atoms with Crippen molar-refractivity contribution in [3.63, 3.8) is 0 Å². The summed E-state index contributed by atoms with van der Waals surface area (Å²) in [5, 5.41) is 2.81. The summed E-state index contributed by atoms with van der Waals surface area (Å²) in [6.07, 6.45) is 3.16. The van der Waals surface area contributed by atoms with Gasteiger partial charge in [-0.2, -0.15) is 0 Å². The third-order valence-corrected chi connectivity index (χ3v) is 5.37. The number of para-hydroxylation sites is 3. The van der Waals surface area contributed by atoms with Crippen LogP contribution in [0.3, 0.4) is 0 Å². The Labute approximate surface area is 186 Å². The lowest BCUT2D eigenvalue weighted by Gasteiger charge is -2.27. The molecule has 2 heterocycles. The molecule has 0 bridgehead atoms. The molecular formula is C25H26N2O5. The maximum Gasteiger partial charge on any atom is 0.291 e. The number of carbonyl (C=O) groups excluding carboxylic acids is 2. The van der Waals surface area contributed by atoms with Crippen molar-refractivity contribution in [1.29, 1.82) is 0 Å². The third kappa shape index (κ3) is 4.94. The van der Waals surface area contributed by atoms with Gasteiger partial charge in [0.1, 0.15) is 12.4 Å². The molecule has 1 aliphatic rings. The van der Waals surface area contributed by atoms with E-state index in [1.54, 1.807) is 55.6 Å². The van der Waals surface area contributed by atoms with Gasteiger partial charge >= 0.3 is 0 Å². The van der Waals surface area contributed by atoms with Crippen molar-refractivity contribution in [3.8, 4) is 11.5 Å². The molecule has 3 aromatic rings. The lowest BCUT2D eigenvalue weighted by atomic mass is 10.1. The van der Waals surface area contributed by atoms with E-state index in [0.29, 0.717) is 28.5 Å². The normalized spacial score (nSPS) is 13.5. The molecule has 2 amide bonds. The predicted molar refractivity (Wildman–Crippen MR) is 120 cm³/mol. The monoisotopic (exact) mass is 434 g/mol. The maximum atomic E-state index is 12.9. The van der Waals surface area contributed by atoms with Crippen molar-refractivity contribution in [1.82, 2.24) is 4.90 Å². The van der Waals surface area contributed by atoms with Gasteiger partial charge in [0, 0.05) is 13.1 Å². The number of rotatable bonds is 7. The van der Waals surface area contributed by atoms with Crippen LogP contribution in [0.25, 0.3) is 0 Å². The predicted octanol–water partition coefficient (Wildman–Crippen LogP) is 4.75. The number of benzene rings is 2. The number of amides is 2. The number of nitrogens with one attached hydrogen (secondary N) is 1. The average Bonchev–Trinajstić information content (AvgIpc) is 3.33. The molecule has 32 heavy (non-hydrogen) atoms. The summed E-state index contributed by atoms with van der Waals surface area (Å²) in [7, 11) is 1.57. The van der Waals surface area contributed by atoms with E-state index in [1.165, 1.54) is 0 Å². The van der Waals surface area contributed by atoms with Crippen LogP contribution in [0, 0.1) is 0 Å². The molecule has 1 aliphatic heterocycles. The molecule has 7 nitrogen and oxygen atoms in total. The van der Waals surface area contributed by atoms with Crippen LogP contribution >= 0.6 is 0 Å². The smallest absolute Gasteiger partial charge is 0.291 e. The summed E-state index contributed by atoms with van der Waals surface area (Å²) in [6, 6.07) is 17.6. The minimum Gasteiger partial charge on any atom is -0.493 e. The zero-order chi connectivity index (χ0) is 22.3. The Hall–Kier alpha value is -3.74. The third-order valence-electron chi connectivity index (χ3n) is 5.37. The molecule has 0 saturated carbocycles. The van der Waals surface area contributed by atoms with Crippen molar-refractivity contribution < 1.29 is 23.5 Å². The molecule has 4 rings (SSSR count). The van der Waals surface area contributed by atoms with E-state index >= 15 is 0 Å². The van der Waals surface area contributed by atoms with Gasteiger partial charge in [-0.1, -0.05) is 24.3 Å². The van der Waals surface area contributed by atoms with E-state index in [1.807, 2.05) is 17.0 Å². The molecule has 0 unspecified atom stereocenters. The highest BCUT2D eigenvalue weighted by molar-refractivity contribution is 6.07. The Bertz CT molecular complexity index is 1090. The number of methoxy groups -OCH3 is 1. The molecular weight excluding hydrogens is 408 g/mol. The molecule has 7 heteroatoms. The van der Waals surface area contributed by atoms with Crippen LogP contribution in [-0.2, 0) is 6.61 Å². The molecule has 0 spiro atoms. The van der Waals surface area contributed by atoms with Gasteiger partial charge in [0.05, 0.1) is 18.4 Å². The van der Waals surface area contributed by atoms with Gasteiger partial charge in [-0.25, -0.2) is 0 Å². The fourth-order valence-electron chi connectivity index (χ4n) is 3.69. The van der Waals surface area contributed by atoms with E-state index in [-0.39, 0.29) is 18.3 Å². The van der Waals surface area contributed by atoms with Gasteiger partial charge in [-0.3, -0.25) is 9.59 Å². The summed E-state index contributed by atoms with van der Waals surface area (Å²) in [5.41, 5.74) is 0.949. The van der Waals surface area contributed by atoms with Crippen molar-refractivity contribution in [2.45, 2.75) is 25.9 Å². The molecule has 0 radical (unpaired) electrons. The van der Waals surface area contributed by atoms with Crippen LogP contribution in [0.15, 0.2) is 65.1 Å². The molecule has 166 valence electrons. The first-order chi connectivity index (χ1) is 15.7. The number of ether oxygens (including phenoxy) is 2. The zero-order valence-electron chi connectivity index (χ0n) is 18.0. The minimum absolute atomic E-state index is 0.0639. The highest BCUT2D eigenvalue weighted by Crippen LogP contribution is 2.27. The Morgan fingerprint density at radius 1 is 0.938 bits per heavy atom. The van der Waals surface area contributed by atoms with Gasteiger partial charge in [0.2, 0.25) is 0 Å². The van der Waals surface area contributed by atoms with E-state index < -0.39 is 5.91 Å². The van der Waals surface area contributed by atoms with E-state index in [4.69, 9.17) is 13.9 Å². The first-order valence-corrected chi connectivity index (χ1v) is 10.7. The molecule has 1 fully saturated rings. The fraction of sp³-hybridized carbons (Fsp3) is 0.280. The quantitative estimate of drug-likeness (QED) is 0.581. The second kappa shape index (κ2) is 10.0. The summed E-state index contributed by atoms with van der Waals surface area (Å²) in [4.78, 5) is 27.5. The van der Waals surface area contributed by atoms with Crippen LogP contribution in [0.2, 0.25) is 0 Å². The highest BCUT2D eigenvalue weighted by atomic mass is 16.5. The average molecular weight is 434 g/mol. The second-order valence-electron chi connectivity index (χ2n) is 7.56. The maximum absolute atomic E-state index is 12.9. The summed E-state index contributed by atoms with van der Waals surface area (Å²) in [5.74, 6) is 1.36. The Kier molecular flexibility index (Phi) is 6.75. The molecule has 1 aromatic heterocycles. The van der Waals surface area contributed by atoms with Crippen LogP contribution in [-0.4, -0.2) is 36.9 Å². The standard InChI is InChI=1S/C25H26N2O5/c1-30-21-11-5-6-12-22(21)31-17-18-13-14-23(32-18)24(28)26-20-10-4-3-9-19(20)25(29)27-15-7-2-8-16-27/h3-6,9-14H,2,7-8,15-17H2,1H3,(H,26,28). The van der Waals surface area contributed by atoms with Gasteiger partial charge < -0.3 is 24.1 Å². The van der Waals surface area contributed by atoms with E-state index in [0.717, 1.165) is 32.4 Å². The molecule has 0 atom stereocenters. The zero-order valence-corrected chi connectivity index (χ0v) is 18.0. The molecule has 0 aliphatic carbocycles. The van der Waals surface area contributed by atoms with Crippen molar-refractivity contribution >= 4 is 17.5 Å². The van der Waals surface area contributed by atoms with Crippen molar-refractivity contribution in [3.05, 3.63) is 77.7 Å². The summed E-state index contributed by atoms with van der Waals surface area (Å²) >= 11 is 0. The number of furan rings is 1. The summed E-state index contributed by atoms with van der Waals surface area (Å²) < 4.78 is 16.7. The highest BCUT2D eigenvalue weighted by Gasteiger charge is 2.22. The number of anilines is 1. The van der Waals surface area contributed by atoms with E-state index in [9.17, 15) is 9.59 Å². The van der Waals surface area contributed by atoms with Crippen molar-refractivity contribution in [2.75, 3.05) is 25.5 Å². The van der Waals surface area contributed by atoms with Gasteiger partial charge in [0.15, 0.2) is 17.3 Å². The largest absolute Gasteiger partial charge is 0.493 e. The number of likely N-dealkylation sites (tertiary alicyclic amines) is 1. The van der Waals surface area contributed by atoms with Gasteiger partial charge in [-0.15, -0.1) is 0 Å². The van der Waals surface area contributed by atoms with Crippen molar-refractivity contribution in [2.24, 2.45) is 0 Å². The molecule has 2 aromatic carbocycles. The number of hydrogen-bond acceptors (Lipinski definition) is 5. The van der Waals surface area contributed by atoms with Crippen LogP contribution in [0.1, 0.15) is 45.9 Å². The first kappa shape index (κ1) is 21.5.